The summed E-state index contributed by atoms with van der Waals surface area (Å²) in [5, 5.41) is 10.5. The minimum absolute atomic E-state index is 0.0658. The first kappa shape index (κ1) is 13.6. The number of benzene rings is 1. The zero-order chi connectivity index (χ0) is 13.1. The van der Waals surface area contributed by atoms with Crippen LogP contribution in [0.25, 0.3) is 0 Å². The van der Waals surface area contributed by atoms with Gasteiger partial charge in [-0.05, 0) is 23.3 Å². The highest BCUT2D eigenvalue weighted by atomic mass is 19.1. The lowest BCUT2D eigenvalue weighted by Crippen LogP contribution is -2.24. The van der Waals surface area contributed by atoms with Gasteiger partial charge in [0, 0.05) is 12.1 Å². The van der Waals surface area contributed by atoms with Crippen molar-refractivity contribution < 1.29 is 9.31 Å². The summed E-state index contributed by atoms with van der Waals surface area (Å²) in [7, 11) is 0. The first-order valence-electron chi connectivity index (χ1n) is 5.64. The molecule has 0 aliphatic heterocycles. The zero-order valence-electron chi connectivity index (χ0n) is 10.4. The van der Waals surface area contributed by atoms with E-state index < -0.39 is 4.92 Å². The van der Waals surface area contributed by atoms with Crippen LogP contribution in [0, 0.1) is 21.4 Å². The maximum absolute atomic E-state index is 12.9. The number of nitrogens with zero attached hydrogens (tertiary/aromatic N) is 1. The number of rotatable bonds is 4. The molecule has 0 heterocycles. The van der Waals surface area contributed by atoms with E-state index in [1.54, 1.807) is 12.1 Å². The fraction of sp³-hybridized carbons (Fsp3) is 0.538. The lowest BCUT2D eigenvalue weighted by atomic mass is 9.78. The van der Waals surface area contributed by atoms with E-state index in [1.807, 2.05) is 20.8 Å². The summed E-state index contributed by atoms with van der Waals surface area (Å²) >= 11 is 0. The fourth-order valence-corrected chi connectivity index (χ4v) is 1.63. The molecule has 0 saturated heterocycles. The molecule has 0 aliphatic carbocycles. The van der Waals surface area contributed by atoms with E-state index in [4.69, 9.17) is 0 Å². The average Bonchev–Trinajstić information content (AvgIpc) is 2.24. The molecule has 94 valence electrons. The van der Waals surface area contributed by atoms with Crippen LogP contribution in [0.4, 0.5) is 10.1 Å². The predicted octanol–water partition coefficient (Wildman–Crippen LogP) is 3.77. The van der Waals surface area contributed by atoms with Crippen molar-refractivity contribution >= 4 is 5.69 Å². The minimum atomic E-state index is -0.430. The molecule has 0 amide bonds. The third kappa shape index (κ3) is 3.80. The smallest absolute Gasteiger partial charge is 0.258 e. The van der Waals surface area contributed by atoms with Gasteiger partial charge in [-0.1, -0.05) is 32.9 Å². The predicted molar refractivity (Wildman–Crippen MR) is 65.7 cm³/mol. The summed E-state index contributed by atoms with van der Waals surface area (Å²) < 4.78 is 12.9. The van der Waals surface area contributed by atoms with Crippen molar-refractivity contribution in [1.82, 2.24) is 0 Å². The molecule has 0 aromatic heterocycles. The maximum atomic E-state index is 12.9. The highest BCUT2D eigenvalue weighted by molar-refractivity contribution is 5.33. The number of halogens is 1. The van der Waals surface area contributed by atoms with Crippen molar-refractivity contribution in [2.75, 3.05) is 6.67 Å². The summed E-state index contributed by atoms with van der Waals surface area (Å²) in [5.41, 5.74) is 0.908. The van der Waals surface area contributed by atoms with Crippen molar-refractivity contribution in [3.63, 3.8) is 0 Å². The number of nitro groups is 1. The van der Waals surface area contributed by atoms with Crippen LogP contribution < -0.4 is 0 Å². The third-order valence-electron chi connectivity index (χ3n) is 3.04. The van der Waals surface area contributed by atoms with Crippen molar-refractivity contribution in [1.29, 1.82) is 0 Å². The topological polar surface area (TPSA) is 43.1 Å². The van der Waals surface area contributed by atoms with Crippen LogP contribution in [0.5, 0.6) is 0 Å². The second-order valence-electron chi connectivity index (χ2n) is 5.34. The van der Waals surface area contributed by atoms with Gasteiger partial charge < -0.3 is 0 Å². The van der Waals surface area contributed by atoms with Crippen molar-refractivity contribution in [3.8, 4) is 0 Å². The molecule has 17 heavy (non-hydrogen) atoms. The summed E-state index contributed by atoms with van der Waals surface area (Å²) in [6.45, 7) is 5.63. The molecule has 0 fully saturated rings. The molecule has 1 aromatic rings. The molecule has 0 aliphatic rings. The highest BCUT2D eigenvalue weighted by Crippen LogP contribution is 2.29. The quantitative estimate of drug-likeness (QED) is 0.593. The fourth-order valence-electron chi connectivity index (χ4n) is 1.63. The van der Waals surface area contributed by atoms with Crippen LogP contribution in [0.2, 0.25) is 0 Å². The van der Waals surface area contributed by atoms with Gasteiger partial charge in [0.1, 0.15) is 0 Å². The van der Waals surface area contributed by atoms with Gasteiger partial charge in [-0.3, -0.25) is 14.5 Å². The van der Waals surface area contributed by atoms with Gasteiger partial charge in [-0.25, -0.2) is 0 Å². The molecule has 1 atom stereocenters. The number of nitro benzene ring substituents is 1. The molecule has 0 unspecified atom stereocenters. The molecular formula is C13H18FNO2. The number of alkyl halides is 1. The largest absolute Gasteiger partial charge is 0.269 e. The van der Waals surface area contributed by atoms with E-state index in [-0.39, 0.29) is 23.7 Å². The van der Waals surface area contributed by atoms with Gasteiger partial charge in [-0.2, -0.15) is 0 Å². The summed E-state index contributed by atoms with van der Waals surface area (Å²) in [6.07, 6.45) is 0.609. The van der Waals surface area contributed by atoms with Crippen LogP contribution in [0.15, 0.2) is 24.3 Å². The summed E-state index contributed by atoms with van der Waals surface area (Å²) in [6, 6.07) is 6.33. The van der Waals surface area contributed by atoms with Gasteiger partial charge >= 0.3 is 0 Å². The Morgan fingerprint density at radius 1 is 1.29 bits per heavy atom. The van der Waals surface area contributed by atoms with Crippen molar-refractivity contribution in [2.24, 2.45) is 11.3 Å². The molecule has 1 aromatic carbocycles. The number of hydrogen-bond donors (Lipinski definition) is 0. The van der Waals surface area contributed by atoms with Crippen LogP contribution in [0.3, 0.4) is 0 Å². The van der Waals surface area contributed by atoms with Crippen LogP contribution in [0.1, 0.15) is 26.3 Å². The van der Waals surface area contributed by atoms with Crippen molar-refractivity contribution in [3.05, 3.63) is 39.9 Å². The van der Waals surface area contributed by atoms with Gasteiger partial charge in [0.15, 0.2) is 0 Å². The first-order valence-corrected chi connectivity index (χ1v) is 5.64. The van der Waals surface area contributed by atoms with E-state index in [0.29, 0.717) is 6.42 Å². The Morgan fingerprint density at radius 2 is 1.82 bits per heavy atom. The Balaban J connectivity index is 2.78. The Kier molecular flexibility index (Phi) is 4.21. The molecule has 0 bridgehead atoms. The summed E-state index contributed by atoms with van der Waals surface area (Å²) in [4.78, 5) is 10.1. The molecule has 4 heteroatoms. The van der Waals surface area contributed by atoms with Crippen LogP contribution >= 0.6 is 0 Å². The second kappa shape index (κ2) is 5.25. The molecule has 0 spiro atoms. The molecule has 3 nitrogen and oxygen atoms in total. The zero-order valence-corrected chi connectivity index (χ0v) is 10.4. The molecule has 0 saturated carbocycles. The third-order valence-corrected chi connectivity index (χ3v) is 3.04. The maximum Gasteiger partial charge on any atom is 0.269 e. The van der Waals surface area contributed by atoms with Gasteiger partial charge in [0.25, 0.3) is 5.69 Å². The second-order valence-corrected chi connectivity index (χ2v) is 5.34. The Bertz CT molecular complexity index is 381. The first-order chi connectivity index (χ1) is 7.84. The summed E-state index contributed by atoms with van der Waals surface area (Å²) in [5.74, 6) is -0.0658. The molecule has 1 rings (SSSR count). The monoisotopic (exact) mass is 239 g/mol. The van der Waals surface area contributed by atoms with Gasteiger partial charge in [0.2, 0.25) is 0 Å². The minimum Gasteiger partial charge on any atom is -0.258 e. The molecule has 0 radical (unpaired) electrons. The lowest BCUT2D eigenvalue weighted by Gasteiger charge is -2.28. The van der Waals surface area contributed by atoms with E-state index in [2.05, 4.69) is 0 Å². The molecule has 0 N–H and O–H groups in total. The standard InChI is InChI=1S/C13H18FNO2/c1-13(2,3)11(9-14)8-10-4-6-12(7-5-10)15(16)17/h4-7,11H,8-9H2,1-3H3/t11-/m1/s1. The average molecular weight is 239 g/mol. The Morgan fingerprint density at radius 3 is 2.18 bits per heavy atom. The van der Waals surface area contributed by atoms with Gasteiger partial charge in [0.05, 0.1) is 11.6 Å². The normalized spacial score (nSPS) is 13.4. The van der Waals surface area contributed by atoms with Crippen molar-refractivity contribution in [2.45, 2.75) is 27.2 Å². The van der Waals surface area contributed by atoms with E-state index >= 15 is 0 Å². The Labute approximate surface area is 101 Å². The lowest BCUT2D eigenvalue weighted by molar-refractivity contribution is -0.384. The Hall–Kier alpha value is -1.45. The number of hydrogen-bond acceptors (Lipinski definition) is 2. The SMILES string of the molecule is CC(C)(C)[C@@H](CF)Cc1ccc([N+](=O)[O-])cc1. The highest BCUT2D eigenvalue weighted by Gasteiger charge is 2.24. The molecular weight excluding hydrogens is 221 g/mol. The van der Waals surface area contributed by atoms with Gasteiger partial charge in [-0.15, -0.1) is 0 Å². The van der Waals surface area contributed by atoms with Crippen LogP contribution in [-0.4, -0.2) is 11.6 Å². The number of non-ortho nitro benzene ring substituents is 1. The van der Waals surface area contributed by atoms with E-state index in [9.17, 15) is 14.5 Å². The van der Waals surface area contributed by atoms with E-state index in [1.165, 1.54) is 12.1 Å². The van der Waals surface area contributed by atoms with Crippen LogP contribution in [-0.2, 0) is 6.42 Å². The van der Waals surface area contributed by atoms with E-state index in [0.717, 1.165) is 5.56 Å².